The van der Waals surface area contributed by atoms with Crippen molar-refractivity contribution in [1.29, 1.82) is 0 Å². The summed E-state index contributed by atoms with van der Waals surface area (Å²) in [6.45, 7) is 6.14. The van der Waals surface area contributed by atoms with E-state index in [2.05, 4.69) is 24.6 Å². The van der Waals surface area contributed by atoms with Gasteiger partial charge < -0.3 is 15.0 Å². The molecule has 0 aliphatic carbocycles. The quantitative estimate of drug-likeness (QED) is 0.630. The molecule has 1 saturated heterocycles. The minimum absolute atomic E-state index is 0.00671. The zero-order valence-electron chi connectivity index (χ0n) is 17.7. The lowest BCUT2D eigenvalue weighted by Gasteiger charge is -2.35. The number of carbonyl (C=O) groups is 2. The number of rotatable bonds is 7. The minimum Gasteiger partial charge on any atom is -0.497 e. The van der Waals surface area contributed by atoms with E-state index in [-0.39, 0.29) is 24.8 Å². The molecule has 0 spiro atoms. The highest BCUT2D eigenvalue weighted by atomic mass is 16.5. The number of quaternary nitrogens is 1. The van der Waals surface area contributed by atoms with E-state index in [4.69, 9.17) is 4.74 Å². The first-order chi connectivity index (χ1) is 14.0. The summed E-state index contributed by atoms with van der Waals surface area (Å²) in [5.74, 6) is 0.525. The fourth-order valence-corrected chi connectivity index (χ4v) is 4.26. The van der Waals surface area contributed by atoms with Crippen LogP contribution in [0.1, 0.15) is 45.1 Å². The zero-order valence-corrected chi connectivity index (χ0v) is 17.7. The van der Waals surface area contributed by atoms with E-state index in [1.54, 1.807) is 12.0 Å². The number of nitrogens with zero attached hydrogens (tertiary/aromatic N) is 1. The number of likely N-dealkylation sites (tertiary alicyclic amines) is 1. The first-order valence-corrected chi connectivity index (χ1v) is 10.5. The molecule has 158 valence electrons. The number of hydrogen-bond donors (Lipinski definition) is 3. The second kappa shape index (κ2) is 9.78. The smallest absolute Gasteiger partial charge is 0.245 e. The van der Waals surface area contributed by atoms with Gasteiger partial charge in [-0.2, -0.15) is 0 Å². The van der Waals surface area contributed by atoms with Crippen molar-refractivity contribution in [1.82, 2.24) is 15.8 Å². The van der Waals surface area contributed by atoms with Gasteiger partial charge >= 0.3 is 0 Å². The Balaban J connectivity index is 1.49. The molecule has 2 heterocycles. The Kier molecular flexibility index (Phi) is 7.14. The van der Waals surface area contributed by atoms with Crippen LogP contribution in [0, 0.1) is 0 Å². The van der Waals surface area contributed by atoms with Crippen molar-refractivity contribution < 1.29 is 19.2 Å². The fraction of sp³-hybridized carbons (Fsp3) is 0.545. The molecule has 3 rings (SSSR count). The van der Waals surface area contributed by atoms with Gasteiger partial charge in [-0.3, -0.25) is 15.0 Å². The maximum absolute atomic E-state index is 12.4. The number of carbonyl (C=O) groups excluding carboxylic acids is 2. The summed E-state index contributed by atoms with van der Waals surface area (Å²) in [5, 5.41) is 4.38. The van der Waals surface area contributed by atoms with E-state index in [1.807, 2.05) is 30.3 Å². The van der Waals surface area contributed by atoms with Crippen molar-refractivity contribution in [2.75, 3.05) is 26.7 Å². The summed E-state index contributed by atoms with van der Waals surface area (Å²) in [6.07, 6.45) is 5.92. The third-order valence-corrected chi connectivity index (χ3v) is 6.02. The van der Waals surface area contributed by atoms with Gasteiger partial charge in [-0.15, -0.1) is 0 Å². The third kappa shape index (κ3) is 5.50. The summed E-state index contributed by atoms with van der Waals surface area (Å²) in [4.78, 5) is 26.2. The molecular formula is C22H33N4O3+. The van der Waals surface area contributed by atoms with Gasteiger partial charge in [0.15, 0.2) is 0 Å². The monoisotopic (exact) mass is 401 g/mol. The van der Waals surface area contributed by atoms with Crippen molar-refractivity contribution in [3.63, 3.8) is 0 Å². The normalized spacial score (nSPS) is 24.5. The van der Waals surface area contributed by atoms with Gasteiger partial charge in [0.25, 0.3) is 0 Å². The van der Waals surface area contributed by atoms with Gasteiger partial charge in [0.2, 0.25) is 11.8 Å². The second-order valence-corrected chi connectivity index (χ2v) is 8.05. The predicted octanol–water partition coefficient (Wildman–Crippen LogP) is 0.735. The fourth-order valence-electron chi connectivity index (χ4n) is 4.26. The largest absolute Gasteiger partial charge is 0.497 e. The Morgan fingerprint density at radius 2 is 1.93 bits per heavy atom. The van der Waals surface area contributed by atoms with Crippen LogP contribution in [0.4, 0.5) is 0 Å². The highest BCUT2D eigenvalue weighted by Gasteiger charge is 2.28. The molecule has 7 nitrogen and oxygen atoms in total. The number of piperidine rings is 1. The van der Waals surface area contributed by atoms with Crippen LogP contribution in [0.3, 0.4) is 0 Å². The molecule has 2 atom stereocenters. The zero-order chi connectivity index (χ0) is 20.8. The number of hydrogen-bond acceptors (Lipinski definition) is 4. The van der Waals surface area contributed by atoms with Crippen LogP contribution in [-0.4, -0.2) is 55.7 Å². The van der Waals surface area contributed by atoms with Crippen LogP contribution < -0.4 is 20.4 Å². The topological polar surface area (TPSA) is 75.1 Å². The van der Waals surface area contributed by atoms with Crippen LogP contribution in [0.2, 0.25) is 0 Å². The van der Waals surface area contributed by atoms with E-state index in [0.29, 0.717) is 18.6 Å². The number of nitrogens with one attached hydrogen (secondary N) is 3. The van der Waals surface area contributed by atoms with Crippen molar-refractivity contribution in [2.24, 2.45) is 0 Å². The van der Waals surface area contributed by atoms with Crippen molar-refractivity contribution in [3.8, 4) is 5.75 Å². The summed E-state index contributed by atoms with van der Waals surface area (Å²) in [7, 11) is 1.63. The predicted molar refractivity (Wildman–Crippen MR) is 112 cm³/mol. The molecule has 2 aliphatic rings. The minimum atomic E-state index is -0.140. The molecule has 1 aromatic carbocycles. The SMILES string of the molecule is COc1ccc(C2=CCC(=O)N(CC(=O)NCC[NH+]3C(C)CCCC3C)N2)cc1. The van der Waals surface area contributed by atoms with Gasteiger partial charge in [-0.05, 0) is 69.0 Å². The third-order valence-electron chi connectivity index (χ3n) is 6.02. The molecule has 0 aromatic heterocycles. The molecule has 3 N–H and O–H groups in total. The van der Waals surface area contributed by atoms with Crippen LogP contribution in [0.15, 0.2) is 30.3 Å². The Bertz CT molecular complexity index is 737. The van der Waals surface area contributed by atoms with Gasteiger partial charge in [-0.25, -0.2) is 5.01 Å². The summed E-state index contributed by atoms with van der Waals surface area (Å²) >= 11 is 0. The molecule has 2 unspecified atom stereocenters. The van der Waals surface area contributed by atoms with Crippen molar-refractivity contribution >= 4 is 17.5 Å². The van der Waals surface area contributed by atoms with Crippen LogP contribution >= 0.6 is 0 Å². The van der Waals surface area contributed by atoms with Crippen LogP contribution in [-0.2, 0) is 9.59 Å². The maximum Gasteiger partial charge on any atom is 0.245 e. The number of methoxy groups -OCH3 is 1. The summed E-state index contributed by atoms with van der Waals surface area (Å²) < 4.78 is 5.18. The Labute approximate surface area is 173 Å². The van der Waals surface area contributed by atoms with E-state index in [1.165, 1.54) is 24.3 Å². The summed E-state index contributed by atoms with van der Waals surface area (Å²) in [5.41, 5.74) is 4.84. The molecule has 2 amide bonds. The lowest BCUT2D eigenvalue weighted by molar-refractivity contribution is -0.950. The molecule has 0 bridgehead atoms. The maximum atomic E-state index is 12.4. The lowest BCUT2D eigenvalue weighted by atomic mass is 9.98. The molecule has 0 saturated carbocycles. The van der Waals surface area contributed by atoms with E-state index >= 15 is 0 Å². The van der Waals surface area contributed by atoms with E-state index in [0.717, 1.165) is 23.6 Å². The highest BCUT2D eigenvalue weighted by molar-refractivity contribution is 5.88. The standard InChI is InChI=1S/C22H32N4O3/c1-16-5-4-6-17(2)25(16)14-13-23-21(27)15-26-22(28)12-11-20(24-26)18-7-9-19(29-3)10-8-18/h7-11,16-17,24H,4-6,12-15H2,1-3H3,(H,23,27)/p+1. The summed E-state index contributed by atoms with van der Waals surface area (Å²) in [6, 6.07) is 8.87. The molecule has 29 heavy (non-hydrogen) atoms. The lowest BCUT2D eigenvalue weighted by Crippen LogP contribution is -3.19. The Morgan fingerprint density at radius 1 is 1.24 bits per heavy atom. The molecule has 1 aromatic rings. The Hall–Kier alpha value is -2.54. The number of benzene rings is 1. The average Bonchev–Trinajstić information content (AvgIpc) is 2.72. The van der Waals surface area contributed by atoms with Crippen molar-refractivity contribution in [2.45, 2.75) is 51.6 Å². The second-order valence-electron chi connectivity index (χ2n) is 8.05. The van der Waals surface area contributed by atoms with Gasteiger partial charge in [0, 0.05) is 6.42 Å². The van der Waals surface area contributed by atoms with Gasteiger partial charge in [0.1, 0.15) is 12.3 Å². The van der Waals surface area contributed by atoms with E-state index in [9.17, 15) is 9.59 Å². The van der Waals surface area contributed by atoms with Crippen LogP contribution in [0.25, 0.3) is 5.70 Å². The van der Waals surface area contributed by atoms with Gasteiger partial charge in [0.05, 0.1) is 38.0 Å². The van der Waals surface area contributed by atoms with Crippen LogP contribution in [0.5, 0.6) is 5.75 Å². The number of ether oxygens (including phenoxy) is 1. The van der Waals surface area contributed by atoms with E-state index < -0.39 is 0 Å². The van der Waals surface area contributed by atoms with Gasteiger partial charge in [-0.1, -0.05) is 0 Å². The Morgan fingerprint density at radius 3 is 2.59 bits per heavy atom. The molecule has 7 heteroatoms. The first kappa shape index (κ1) is 21.2. The molecule has 0 radical (unpaired) electrons. The average molecular weight is 402 g/mol. The molecule has 1 fully saturated rings. The number of amides is 2. The van der Waals surface area contributed by atoms with Crippen molar-refractivity contribution in [3.05, 3.63) is 35.9 Å². The number of hydrazine groups is 1. The first-order valence-electron chi connectivity index (χ1n) is 10.5. The highest BCUT2D eigenvalue weighted by Crippen LogP contribution is 2.20. The molecular weight excluding hydrogens is 368 g/mol. The molecule has 2 aliphatic heterocycles.